The second-order valence-electron chi connectivity index (χ2n) is 6.08. The van der Waals surface area contributed by atoms with Crippen LogP contribution in [0.2, 0.25) is 0 Å². The summed E-state index contributed by atoms with van der Waals surface area (Å²) in [7, 11) is 1.66. The molecule has 7 heteroatoms. The number of benzene rings is 2. The number of rotatable bonds is 11. The van der Waals surface area contributed by atoms with Crippen molar-refractivity contribution in [3.63, 3.8) is 0 Å². The van der Waals surface area contributed by atoms with E-state index in [9.17, 15) is 0 Å². The minimum atomic E-state index is 0. The first-order chi connectivity index (χ1) is 13.8. The van der Waals surface area contributed by atoms with Crippen molar-refractivity contribution >= 4 is 29.9 Å². The second-order valence-corrected chi connectivity index (χ2v) is 6.08. The monoisotopic (exact) mass is 513 g/mol. The van der Waals surface area contributed by atoms with E-state index in [1.54, 1.807) is 7.11 Å². The highest BCUT2D eigenvalue weighted by Crippen LogP contribution is 2.17. The molecule has 2 N–H and O–H groups in total. The number of halogens is 1. The third-order valence-corrected chi connectivity index (χ3v) is 3.94. The number of nitrogens with one attached hydrogen (secondary N) is 2. The van der Waals surface area contributed by atoms with Crippen molar-refractivity contribution in [3.05, 3.63) is 59.7 Å². The lowest BCUT2D eigenvalue weighted by atomic mass is 10.2. The van der Waals surface area contributed by atoms with Crippen LogP contribution in [0.4, 0.5) is 0 Å². The third-order valence-electron chi connectivity index (χ3n) is 3.94. The first-order valence-electron chi connectivity index (χ1n) is 9.70. The van der Waals surface area contributed by atoms with Gasteiger partial charge >= 0.3 is 0 Å². The van der Waals surface area contributed by atoms with E-state index in [1.807, 2.05) is 49.4 Å². The van der Waals surface area contributed by atoms with Gasteiger partial charge in [0.2, 0.25) is 0 Å². The Morgan fingerprint density at radius 1 is 0.966 bits per heavy atom. The Morgan fingerprint density at radius 2 is 1.79 bits per heavy atom. The van der Waals surface area contributed by atoms with E-state index in [1.165, 1.54) is 0 Å². The second kappa shape index (κ2) is 14.9. The number of para-hydroxylation sites is 1. The lowest BCUT2D eigenvalue weighted by molar-refractivity contribution is 0.146. The average molecular weight is 513 g/mol. The lowest BCUT2D eigenvalue weighted by Crippen LogP contribution is -2.36. The third kappa shape index (κ3) is 9.36. The van der Waals surface area contributed by atoms with Crippen LogP contribution in [0.5, 0.6) is 11.5 Å². The largest absolute Gasteiger partial charge is 0.494 e. The fraction of sp³-hybridized carbons (Fsp3) is 0.409. The van der Waals surface area contributed by atoms with Gasteiger partial charge in [-0.2, -0.15) is 0 Å². The zero-order valence-electron chi connectivity index (χ0n) is 17.4. The molecule has 0 spiro atoms. The van der Waals surface area contributed by atoms with Crippen molar-refractivity contribution < 1.29 is 14.2 Å². The quantitative estimate of drug-likeness (QED) is 0.206. The van der Waals surface area contributed by atoms with Crippen molar-refractivity contribution in [1.29, 1.82) is 0 Å². The molecule has 0 bridgehead atoms. The Kier molecular flexibility index (Phi) is 12.9. The van der Waals surface area contributed by atoms with Crippen LogP contribution >= 0.6 is 24.0 Å². The zero-order valence-corrected chi connectivity index (χ0v) is 19.8. The molecule has 0 heterocycles. The molecule has 2 aromatic carbocycles. The highest BCUT2D eigenvalue weighted by atomic mass is 127. The van der Waals surface area contributed by atoms with Crippen LogP contribution in [0.25, 0.3) is 0 Å². The predicted molar refractivity (Wildman–Crippen MR) is 128 cm³/mol. The molecule has 0 atom stereocenters. The van der Waals surface area contributed by atoms with Crippen LogP contribution in [0.3, 0.4) is 0 Å². The Morgan fingerprint density at radius 3 is 2.55 bits per heavy atom. The van der Waals surface area contributed by atoms with Gasteiger partial charge in [-0.05, 0) is 37.6 Å². The molecule has 0 saturated heterocycles. The summed E-state index contributed by atoms with van der Waals surface area (Å²) in [6.07, 6.45) is 0. The molecule has 2 rings (SSSR count). The van der Waals surface area contributed by atoms with Crippen LogP contribution in [0.1, 0.15) is 25.0 Å². The first kappa shape index (κ1) is 25.0. The smallest absolute Gasteiger partial charge is 0.191 e. The SMILES string of the molecule is CCNC(=NCc1cccc(OCCOC)c1)NCc1ccccc1OCC.I. The average Bonchev–Trinajstić information content (AvgIpc) is 2.72. The molecule has 0 unspecified atom stereocenters. The van der Waals surface area contributed by atoms with Gasteiger partial charge < -0.3 is 24.8 Å². The summed E-state index contributed by atoms with van der Waals surface area (Å²) < 4.78 is 16.4. The Bertz CT molecular complexity index is 741. The number of aliphatic imine (C=N–C) groups is 1. The van der Waals surface area contributed by atoms with E-state index >= 15 is 0 Å². The number of methoxy groups -OCH3 is 1. The fourth-order valence-corrected chi connectivity index (χ4v) is 2.61. The molecule has 0 aliphatic rings. The van der Waals surface area contributed by atoms with Gasteiger partial charge in [-0.1, -0.05) is 30.3 Å². The molecule has 0 amide bonds. The molecule has 6 nitrogen and oxygen atoms in total. The number of nitrogens with zero attached hydrogens (tertiary/aromatic N) is 1. The Hall–Kier alpha value is -2.00. The number of guanidine groups is 1. The number of hydrogen-bond donors (Lipinski definition) is 2. The van der Waals surface area contributed by atoms with Gasteiger partial charge in [0.15, 0.2) is 5.96 Å². The molecule has 0 saturated carbocycles. The van der Waals surface area contributed by atoms with Crippen molar-refractivity contribution in [2.24, 2.45) is 4.99 Å². The Balaban J connectivity index is 0.00000420. The summed E-state index contributed by atoms with van der Waals surface area (Å²) in [6.45, 7) is 7.78. The fourth-order valence-electron chi connectivity index (χ4n) is 2.61. The van der Waals surface area contributed by atoms with Crippen molar-refractivity contribution in [2.45, 2.75) is 26.9 Å². The van der Waals surface area contributed by atoms with Crippen molar-refractivity contribution in [3.8, 4) is 11.5 Å². The van der Waals surface area contributed by atoms with Crippen LogP contribution in [0, 0.1) is 0 Å². The maximum absolute atomic E-state index is 5.69. The molecule has 0 aromatic heterocycles. The van der Waals surface area contributed by atoms with Gasteiger partial charge in [-0.15, -0.1) is 24.0 Å². The molecule has 0 aliphatic heterocycles. The van der Waals surface area contributed by atoms with Gasteiger partial charge in [-0.25, -0.2) is 4.99 Å². The summed E-state index contributed by atoms with van der Waals surface area (Å²) in [5.41, 5.74) is 2.19. The molecular weight excluding hydrogens is 481 g/mol. The summed E-state index contributed by atoms with van der Waals surface area (Å²) in [6, 6.07) is 16.0. The van der Waals surface area contributed by atoms with Crippen LogP contribution < -0.4 is 20.1 Å². The summed E-state index contributed by atoms with van der Waals surface area (Å²) in [5, 5.41) is 6.66. The van der Waals surface area contributed by atoms with E-state index in [2.05, 4.69) is 28.6 Å². The molecule has 0 radical (unpaired) electrons. The van der Waals surface area contributed by atoms with Crippen molar-refractivity contribution in [1.82, 2.24) is 10.6 Å². The highest BCUT2D eigenvalue weighted by Gasteiger charge is 2.04. The van der Waals surface area contributed by atoms with Crippen LogP contribution in [-0.2, 0) is 17.8 Å². The van der Waals surface area contributed by atoms with Crippen LogP contribution in [-0.4, -0.2) is 39.4 Å². The van der Waals surface area contributed by atoms with Gasteiger partial charge in [-0.3, -0.25) is 0 Å². The maximum atomic E-state index is 5.69. The van der Waals surface area contributed by atoms with E-state index in [0.717, 1.165) is 35.1 Å². The number of ether oxygens (including phenoxy) is 3. The minimum Gasteiger partial charge on any atom is -0.494 e. The summed E-state index contributed by atoms with van der Waals surface area (Å²) in [4.78, 5) is 4.69. The topological polar surface area (TPSA) is 64.1 Å². The Labute approximate surface area is 191 Å². The minimum absolute atomic E-state index is 0. The molecule has 0 aliphatic carbocycles. The standard InChI is InChI=1S/C22H31N3O3.HI/c1-4-23-22(25-17-19-10-6-7-12-21(19)27-5-2)24-16-18-9-8-11-20(15-18)28-14-13-26-3;/h6-12,15H,4-5,13-14,16-17H2,1-3H3,(H2,23,24,25);1H. The predicted octanol–water partition coefficient (Wildman–Crippen LogP) is 3.98. The molecular formula is C22H32IN3O3. The van der Waals surface area contributed by atoms with E-state index in [-0.39, 0.29) is 24.0 Å². The van der Waals surface area contributed by atoms with Gasteiger partial charge in [0.05, 0.1) is 19.8 Å². The van der Waals surface area contributed by atoms with E-state index in [4.69, 9.17) is 14.2 Å². The highest BCUT2D eigenvalue weighted by molar-refractivity contribution is 14.0. The van der Waals surface area contributed by atoms with Crippen molar-refractivity contribution in [2.75, 3.05) is 33.5 Å². The molecule has 160 valence electrons. The zero-order chi connectivity index (χ0) is 20.0. The van der Waals surface area contributed by atoms with Gasteiger partial charge in [0.1, 0.15) is 18.1 Å². The number of hydrogen-bond acceptors (Lipinski definition) is 4. The lowest BCUT2D eigenvalue weighted by Gasteiger charge is -2.14. The first-order valence-corrected chi connectivity index (χ1v) is 9.70. The van der Waals surface area contributed by atoms with E-state index < -0.39 is 0 Å². The molecule has 2 aromatic rings. The van der Waals surface area contributed by atoms with Gasteiger partial charge in [0, 0.05) is 25.8 Å². The summed E-state index contributed by atoms with van der Waals surface area (Å²) in [5.74, 6) is 2.49. The van der Waals surface area contributed by atoms with Gasteiger partial charge in [0.25, 0.3) is 0 Å². The van der Waals surface area contributed by atoms with Crippen LogP contribution in [0.15, 0.2) is 53.5 Å². The summed E-state index contributed by atoms with van der Waals surface area (Å²) >= 11 is 0. The molecule has 29 heavy (non-hydrogen) atoms. The van der Waals surface area contributed by atoms with E-state index in [0.29, 0.717) is 32.9 Å². The normalized spacial score (nSPS) is 10.8. The molecule has 0 fully saturated rings. The maximum Gasteiger partial charge on any atom is 0.191 e.